The van der Waals surface area contributed by atoms with Crippen molar-refractivity contribution in [1.29, 1.82) is 0 Å². The van der Waals surface area contributed by atoms with Gasteiger partial charge in [-0.1, -0.05) is 12.1 Å². The number of carbonyl (C=O) groups excluding carboxylic acids is 2. The van der Waals surface area contributed by atoms with Gasteiger partial charge in [0, 0.05) is 18.8 Å². The monoisotopic (exact) mass is 376 g/mol. The molecule has 0 saturated carbocycles. The van der Waals surface area contributed by atoms with Crippen LogP contribution in [-0.2, 0) is 9.53 Å². The van der Waals surface area contributed by atoms with Crippen LogP contribution in [0.2, 0.25) is 0 Å². The minimum Gasteiger partial charge on any atom is -0.372 e. The van der Waals surface area contributed by atoms with Crippen molar-refractivity contribution in [3.05, 3.63) is 34.7 Å². The van der Waals surface area contributed by atoms with E-state index in [0.29, 0.717) is 24.8 Å². The molecule has 0 bridgehead atoms. The number of ether oxygens (including phenoxy) is 1. The molecule has 140 valence electrons. The van der Waals surface area contributed by atoms with Crippen molar-refractivity contribution >= 4 is 34.7 Å². The van der Waals surface area contributed by atoms with Gasteiger partial charge in [-0.3, -0.25) is 9.59 Å². The van der Waals surface area contributed by atoms with Crippen LogP contribution in [0.5, 0.6) is 0 Å². The van der Waals surface area contributed by atoms with Gasteiger partial charge in [0.15, 0.2) is 6.67 Å². The van der Waals surface area contributed by atoms with Gasteiger partial charge in [-0.25, -0.2) is 4.90 Å². The molecule has 0 aliphatic carbocycles. The van der Waals surface area contributed by atoms with E-state index in [1.807, 2.05) is 18.2 Å². The zero-order valence-electron chi connectivity index (χ0n) is 15.4. The Kier molecular flexibility index (Phi) is 6.34. The summed E-state index contributed by atoms with van der Waals surface area (Å²) in [5, 5.41) is -0.181. The number of quaternary nitrogens is 1. The molecule has 1 N–H and O–H groups in total. The highest BCUT2D eigenvalue weighted by Gasteiger charge is 2.37. The molecule has 1 aromatic rings. The Hall–Kier alpha value is -1.83. The third-order valence-corrected chi connectivity index (χ3v) is 5.68. The minimum absolute atomic E-state index is 0.181. The van der Waals surface area contributed by atoms with Crippen molar-refractivity contribution in [2.75, 3.05) is 51.0 Å². The Bertz CT molecular complexity index is 680. The molecule has 0 radical (unpaired) electrons. The number of anilines is 1. The van der Waals surface area contributed by atoms with E-state index in [2.05, 4.69) is 30.9 Å². The number of carbonyl (C=O) groups is 2. The molecule has 2 fully saturated rings. The Morgan fingerprint density at radius 1 is 1.15 bits per heavy atom. The molecule has 2 aliphatic heterocycles. The minimum atomic E-state index is -0.188. The van der Waals surface area contributed by atoms with Crippen LogP contribution in [0.1, 0.15) is 19.4 Å². The van der Waals surface area contributed by atoms with E-state index in [0.717, 1.165) is 49.2 Å². The van der Waals surface area contributed by atoms with E-state index >= 15 is 0 Å². The second-order valence-electron chi connectivity index (χ2n) is 6.39. The van der Waals surface area contributed by atoms with E-state index in [-0.39, 0.29) is 11.1 Å². The van der Waals surface area contributed by atoms with Gasteiger partial charge in [-0.15, -0.1) is 0 Å². The first-order valence-corrected chi connectivity index (χ1v) is 9.95. The van der Waals surface area contributed by atoms with E-state index in [1.54, 1.807) is 0 Å². The predicted molar refractivity (Wildman–Crippen MR) is 104 cm³/mol. The van der Waals surface area contributed by atoms with E-state index in [4.69, 9.17) is 4.74 Å². The molecule has 0 spiro atoms. The van der Waals surface area contributed by atoms with E-state index in [1.165, 1.54) is 9.80 Å². The lowest BCUT2D eigenvalue weighted by atomic mass is 10.1. The van der Waals surface area contributed by atoms with Crippen molar-refractivity contribution < 1.29 is 19.2 Å². The summed E-state index contributed by atoms with van der Waals surface area (Å²) in [6.07, 6.45) is 1.81. The fourth-order valence-electron chi connectivity index (χ4n) is 3.20. The number of morpholine rings is 1. The SMILES string of the molecule is CCN(CC)c1ccc(/C=C2/SC(=O)N(C[NH+]3CCOCC3)C2=O)cc1. The van der Waals surface area contributed by atoms with Gasteiger partial charge in [-0.2, -0.15) is 0 Å². The number of hydrogen-bond donors (Lipinski definition) is 1. The van der Waals surface area contributed by atoms with Crippen molar-refractivity contribution in [2.45, 2.75) is 13.8 Å². The fourth-order valence-corrected chi connectivity index (χ4v) is 4.04. The van der Waals surface area contributed by atoms with Gasteiger partial charge < -0.3 is 14.5 Å². The lowest BCUT2D eigenvalue weighted by Gasteiger charge is -2.26. The van der Waals surface area contributed by atoms with Crippen LogP contribution < -0.4 is 9.80 Å². The van der Waals surface area contributed by atoms with Gasteiger partial charge in [0.2, 0.25) is 0 Å². The molecule has 6 nitrogen and oxygen atoms in total. The zero-order chi connectivity index (χ0) is 18.5. The second kappa shape index (κ2) is 8.70. The highest BCUT2D eigenvalue weighted by Crippen LogP contribution is 2.31. The molecule has 3 rings (SSSR count). The summed E-state index contributed by atoms with van der Waals surface area (Å²) in [6.45, 7) is 9.61. The number of amides is 2. The number of rotatable bonds is 6. The molecule has 26 heavy (non-hydrogen) atoms. The molecule has 2 saturated heterocycles. The first-order chi connectivity index (χ1) is 12.6. The molecule has 2 aliphatic rings. The van der Waals surface area contributed by atoms with Gasteiger partial charge in [0.1, 0.15) is 13.1 Å². The van der Waals surface area contributed by atoms with Gasteiger partial charge in [0.05, 0.1) is 18.1 Å². The Labute approximate surface area is 158 Å². The molecular weight excluding hydrogens is 350 g/mol. The highest BCUT2D eigenvalue weighted by atomic mass is 32.2. The zero-order valence-corrected chi connectivity index (χ0v) is 16.2. The van der Waals surface area contributed by atoms with Crippen LogP contribution in [0.15, 0.2) is 29.2 Å². The number of benzene rings is 1. The Morgan fingerprint density at radius 2 is 1.81 bits per heavy atom. The van der Waals surface area contributed by atoms with E-state index in [9.17, 15) is 9.59 Å². The molecule has 0 atom stereocenters. The normalized spacial score (nSPS) is 20.2. The van der Waals surface area contributed by atoms with Crippen molar-refractivity contribution in [1.82, 2.24) is 4.90 Å². The maximum atomic E-state index is 12.6. The topological polar surface area (TPSA) is 54.3 Å². The molecular formula is C19H26N3O3S+. The molecule has 2 heterocycles. The summed E-state index contributed by atoms with van der Waals surface area (Å²) in [6, 6.07) is 8.10. The molecule has 0 aromatic heterocycles. The highest BCUT2D eigenvalue weighted by molar-refractivity contribution is 8.18. The summed E-state index contributed by atoms with van der Waals surface area (Å²) in [4.78, 5) is 30.2. The van der Waals surface area contributed by atoms with Crippen LogP contribution in [0.4, 0.5) is 10.5 Å². The molecule has 1 aromatic carbocycles. The smallest absolute Gasteiger partial charge is 0.298 e. The van der Waals surface area contributed by atoms with Crippen molar-refractivity contribution in [3.8, 4) is 0 Å². The average Bonchev–Trinajstić information content (AvgIpc) is 2.92. The van der Waals surface area contributed by atoms with Crippen molar-refractivity contribution in [2.24, 2.45) is 0 Å². The fraction of sp³-hybridized carbons (Fsp3) is 0.474. The van der Waals surface area contributed by atoms with Crippen molar-refractivity contribution in [3.63, 3.8) is 0 Å². The van der Waals surface area contributed by atoms with Gasteiger partial charge in [-0.05, 0) is 49.4 Å². The number of imide groups is 1. The first-order valence-electron chi connectivity index (χ1n) is 9.14. The second-order valence-corrected chi connectivity index (χ2v) is 7.39. The summed E-state index contributed by atoms with van der Waals surface area (Å²) >= 11 is 1.03. The third-order valence-electron chi connectivity index (χ3n) is 4.77. The average molecular weight is 377 g/mol. The standard InChI is InChI=1S/C19H25N3O3S/c1-3-21(4-2)16-7-5-15(6-8-16)13-17-18(23)22(19(24)26-17)14-20-9-11-25-12-10-20/h5-8,13H,3-4,9-12,14H2,1-2H3/p+1/b17-13+. The third kappa shape index (κ3) is 4.28. The predicted octanol–water partition coefficient (Wildman–Crippen LogP) is 1.44. The Balaban J connectivity index is 1.69. The Morgan fingerprint density at radius 3 is 2.42 bits per heavy atom. The number of thioether (sulfide) groups is 1. The van der Waals surface area contributed by atoms with Crippen LogP contribution in [0.3, 0.4) is 0 Å². The van der Waals surface area contributed by atoms with Crippen LogP contribution in [0.25, 0.3) is 6.08 Å². The molecule has 0 unspecified atom stereocenters. The van der Waals surface area contributed by atoms with E-state index < -0.39 is 0 Å². The number of nitrogens with one attached hydrogen (secondary N) is 1. The molecule has 2 amide bonds. The van der Waals surface area contributed by atoms with Crippen LogP contribution in [0, 0.1) is 0 Å². The molecule has 7 heteroatoms. The van der Waals surface area contributed by atoms with Crippen LogP contribution in [-0.4, -0.2) is 62.1 Å². The maximum absolute atomic E-state index is 12.6. The summed E-state index contributed by atoms with van der Waals surface area (Å²) in [5.74, 6) is -0.188. The number of hydrogen-bond acceptors (Lipinski definition) is 5. The maximum Gasteiger partial charge on any atom is 0.298 e. The quantitative estimate of drug-likeness (QED) is 0.762. The summed E-state index contributed by atoms with van der Waals surface area (Å²) in [5.41, 5.74) is 2.10. The lowest BCUT2D eigenvalue weighted by molar-refractivity contribution is -0.915. The number of nitrogens with zero attached hydrogens (tertiary/aromatic N) is 2. The van der Waals surface area contributed by atoms with Gasteiger partial charge >= 0.3 is 0 Å². The summed E-state index contributed by atoms with van der Waals surface area (Å²) < 4.78 is 5.33. The van der Waals surface area contributed by atoms with Crippen LogP contribution >= 0.6 is 11.8 Å². The van der Waals surface area contributed by atoms with Gasteiger partial charge in [0.25, 0.3) is 11.1 Å². The first kappa shape index (κ1) is 18.9. The summed E-state index contributed by atoms with van der Waals surface area (Å²) in [7, 11) is 0. The largest absolute Gasteiger partial charge is 0.372 e. The lowest BCUT2D eigenvalue weighted by Crippen LogP contribution is -3.15.